The first-order chi connectivity index (χ1) is 8.13. The smallest absolute Gasteiger partial charge is 0.106 e. The molecule has 3 nitrogen and oxygen atoms in total. The van der Waals surface area contributed by atoms with Crippen molar-refractivity contribution in [3.63, 3.8) is 0 Å². The maximum atomic E-state index is 9.13. The van der Waals surface area contributed by atoms with Gasteiger partial charge >= 0.3 is 0 Å². The van der Waals surface area contributed by atoms with Crippen LogP contribution in [0.1, 0.15) is 18.4 Å². The highest BCUT2D eigenvalue weighted by molar-refractivity contribution is 7.80. The lowest BCUT2D eigenvalue weighted by atomic mass is 10.1. The molecule has 0 aliphatic heterocycles. The zero-order valence-corrected chi connectivity index (χ0v) is 11.0. The van der Waals surface area contributed by atoms with E-state index in [-0.39, 0.29) is 6.61 Å². The van der Waals surface area contributed by atoms with E-state index in [1.54, 1.807) is 6.07 Å². The first-order valence-electron chi connectivity index (χ1n) is 5.60. The van der Waals surface area contributed by atoms with Gasteiger partial charge in [-0.3, -0.25) is 0 Å². The maximum Gasteiger partial charge on any atom is 0.106 e. The molecule has 2 rings (SSSR count). The van der Waals surface area contributed by atoms with E-state index in [1.165, 1.54) is 0 Å². The summed E-state index contributed by atoms with van der Waals surface area (Å²) < 4.78 is 0. The predicted molar refractivity (Wildman–Crippen MR) is 74.8 cm³/mol. The number of rotatable bonds is 5. The van der Waals surface area contributed by atoms with E-state index in [1.807, 2.05) is 12.1 Å². The van der Waals surface area contributed by atoms with Gasteiger partial charge in [0.2, 0.25) is 0 Å². The number of halogens is 1. The lowest BCUT2D eigenvalue weighted by molar-refractivity contribution is 0.301. The van der Waals surface area contributed by atoms with Gasteiger partial charge in [-0.15, -0.1) is 0 Å². The SMILES string of the molecule is NC(=S)c1ccc(Cl)cc1N(CCO)C1CC1. The third-order valence-corrected chi connectivity index (χ3v) is 3.32. The van der Waals surface area contributed by atoms with Crippen LogP contribution in [0.3, 0.4) is 0 Å². The van der Waals surface area contributed by atoms with Gasteiger partial charge in [-0.05, 0) is 31.0 Å². The van der Waals surface area contributed by atoms with Crippen molar-refractivity contribution in [2.45, 2.75) is 18.9 Å². The van der Waals surface area contributed by atoms with Crippen LogP contribution >= 0.6 is 23.8 Å². The van der Waals surface area contributed by atoms with E-state index in [0.29, 0.717) is 22.6 Å². The Morgan fingerprint density at radius 1 is 1.53 bits per heavy atom. The fourth-order valence-corrected chi connectivity index (χ4v) is 2.28. The van der Waals surface area contributed by atoms with Gasteiger partial charge in [-0.2, -0.15) is 0 Å². The van der Waals surface area contributed by atoms with Crippen molar-refractivity contribution >= 4 is 34.5 Å². The largest absolute Gasteiger partial charge is 0.395 e. The highest BCUT2D eigenvalue weighted by Crippen LogP contribution is 2.34. The van der Waals surface area contributed by atoms with Crippen molar-refractivity contribution in [3.8, 4) is 0 Å². The van der Waals surface area contributed by atoms with Gasteiger partial charge < -0.3 is 15.7 Å². The fraction of sp³-hybridized carbons (Fsp3) is 0.417. The van der Waals surface area contributed by atoms with E-state index in [0.717, 1.165) is 24.1 Å². The molecule has 0 radical (unpaired) electrons. The van der Waals surface area contributed by atoms with Crippen molar-refractivity contribution in [3.05, 3.63) is 28.8 Å². The monoisotopic (exact) mass is 270 g/mol. The molecule has 0 bridgehead atoms. The first-order valence-corrected chi connectivity index (χ1v) is 6.39. The zero-order chi connectivity index (χ0) is 12.4. The van der Waals surface area contributed by atoms with Crippen LogP contribution in [0.25, 0.3) is 0 Å². The summed E-state index contributed by atoms with van der Waals surface area (Å²) >= 11 is 11.1. The summed E-state index contributed by atoms with van der Waals surface area (Å²) in [5, 5.41) is 9.79. The molecule has 5 heteroatoms. The van der Waals surface area contributed by atoms with Crippen molar-refractivity contribution in [2.75, 3.05) is 18.1 Å². The lowest BCUT2D eigenvalue weighted by Crippen LogP contribution is -2.31. The molecule has 0 amide bonds. The van der Waals surface area contributed by atoms with Crippen molar-refractivity contribution < 1.29 is 5.11 Å². The van der Waals surface area contributed by atoms with Crippen LogP contribution in [0.15, 0.2) is 18.2 Å². The zero-order valence-electron chi connectivity index (χ0n) is 9.40. The van der Waals surface area contributed by atoms with E-state index in [2.05, 4.69) is 4.90 Å². The lowest BCUT2D eigenvalue weighted by Gasteiger charge is -2.26. The van der Waals surface area contributed by atoms with E-state index in [4.69, 9.17) is 34.7 Å². The number of benzene rings is 1. The number of anilines is 1. The van der Waals surface area contributed by atoms with Crippen LogP contribution < -0.4 is 10.6 Å². The molecule has 0 spiro atoms. The van der Waals surface area contributed by atoms with Gasteiger partial charge in [0.15, 0.2) is 0 Å². The summed E-state index contributed by atoms with van der Waals surface area (Å²) in [6.45, 7) is 0.695. The fourth-order valence-electron chi connectivity index (χ4n) is 1.94. The van der Waals surface area contributed by atoms with E-state index >= 15 is 0 Å². The molecule has 1 aromatic carbocycles. The molecule has 1 aromatic rings. The highest BCUT2D eigenvalue weighted by Gasteiger charge is 2.30. The highest BCUT2D eigenvalue weighted by atomic mass is 35.5. The van der Waals surface area contributed by atoms with Crippen LogP contribution in [-0.4, -0.2) is 29.3 Å². The molecule has 92 valence electrons. The summed E-state index contributed by atoms with van der Waals surface area (Å²) in [6.07, 6.45) is 2.28. The second-order valence-corrected chi connectivity index (χ2v) is 5.05. The van der Waals surface area contributed by atoms with Crippen LogP contribution in [0.2, 0.25) is 5.02 Å². The number of aliphatic hydroxyl groups excluding tert-OH is 1. The predicted octanol–water partition coefficient (Wildman–Crippen LogP) is 1.94. The number of nitrogens with zero attached hydrogens (tertiary/aromatic N) is 1. The second-order valence-electron chi connectivity index (χ2n) is 4.17. The Balaban J connectivity index is 2.39. The third-order valence-electron chi connectivity index (χ3n) is 2.86. The van der Waals surface area contributed by atoms with Crippen LogP contribution in [0, 0.1) is 0 Å². The summed E-state index contributed by atoms with van der Waals surface area (Å²) in [5.74, 6) is 0. The van der Waals surface area contributed by atoms with Crippen molar-refractivity contribution in [1.29, 1.82) is 0 Å². The molecule has 0 aromatic heterocycles. The Labute approximate surface area is 111 Å². The Kier molecular flexibility index (Phi) is 3.86. The normalized spacial score (nSPS) is 14.7. The van der Waals surface area contributed by atoms with Crippen LogP contribution in [0.5, 0.6) is 0 Å². The number of hydrogen-bond acceptors (Lipinski definition) is 3. The number of nitrogens with two attached hydrogens (primary N) is 1. The number of hydrogen-bond donors (Lipinski definition) is 2. The maximum absolute atomic E-state index is 9.13. The molecule has 1 fully saturated rings. The molecule has 1 aliphatic carbocycles. The molecular formula is C12H15ClN2OS. The van der Waals surface area contributed by atoms with Gasteiger partial charge in [-0.25, -0.2) is 0 Å². The van der Waals surface area contributed by atoms with Gasteiger partial charge in [0.1, 0.15) is 4.99 Å². The molecule has 0 unspecified atom stereocenters. The minimum atomic E-state index is 0.111. The standard InChI is InChI=1S/C12H15ClN2OS/c13-8-1-4-10(12(14)17)11(7-8)15(5-6-16)9-2-3-9/h1,4,7,9,16H,2-3,5-6H2,(H2,14,17). The Morgan fingerprint density at radius 3 is 2.76 bits per heavy atom. The average molecular weight is 271 g/mol. The number of aliphatic hydroxyl groups is 1. The molecule has 17 heavy (non-hydrogen) atoms. The molecule has 1 saturated carbocycles. The van der Waals surface area contributed by atoms with Gasteiger partial charge in [0, 0.05) is 28.9 Å². The van der Waals surface area contributed by atoms with Gasteiger partial charge in [0.05, 0.1) is 6.61 Å². The molecule has 3 N–H and O–H groups in total. The molecule has 0 saturated heterocycles. The Bertz CT molecular complexity index is 435. The molecule has 1 aliphatic rings. The summed E-state index contributed by atoms with van der Waals surface area (Å²) in [7, 11) is 0. The Morgan fingerprint density at radius 2 is 2.24 bits per heavy atom. The minimum Gasteiger partial charge on any atom is -0.395 e. The summed E-state index contributed by atoms with van der Waals surface area (Å²) in [6, 6.07) is 5.97. The molecule has 0 heterocycles. The van der Waals surface area contributed by atoms with E-state index < -0.39 is 0 Å². The Hall–Kier alpha value is -0.840. The third kappa shape index (κ3) is 2.89. The van der Waals surface area contributed by atoms with Crippen LogP contribution in [0.4, 0.5) is 5.69 Å². The summed E-state index contributed by atoms with van der Waals surface area (Å²) in [4.78, 5) is 2.50. The quantitative estimate of drug-likeness (QED) is 0.803. The number of thiocarbonyl (C=S) groups is 1. The average Bonchev–Trinajstić information content (AvgIpc) is 3.09. The second kappa shape index (κ2) is 5.21. The molecule has 0 atom stereocenters. The van der Waals surface area contributed by atoms with Crippen LogP contribution in [-0.2, 0) is 0 Å². The molecular weight excluding hydrogens is 256 g/mol. The van der Waals surface area contributed by atoms with Gasteiger partial charge in [0.25, 0.3) is 0 Å². The topological polar surface area (TPSA) is 49.5 Å². The van der Waals surface area contributed by atoms with Crippen molar-refractivity contribution in [2.24, 2.45) is 5.73 Å². The van der Waals surface area contributed by atoms with E-state index in [9.17, 15) is 0 Å². The van der Waals surface area contributed by atoms with Crippen molar-refractivity contribution in [1.82, 2.24) is 0 Å². The minimum absolute atomic E-state index is 0.111. The summed E-state index contributed by atoms with van der Waals surface area (Å²) in [5.41, 5.74) is 7.47. The first kappa shape index (κ1) is 12.6. The van der Waals surface area contributed by atoms with Gasteiger partial charge in [-0.1, -0.05) is 23.8 Å².